The molecule has 1 heterocycles. The lowest BCUT2D eigenvalue weighted by molar-refractivity contribution is -0.140. The van der Waals surface area contributed by atoms with Crippen molar-refractivity contribution in [3.8, 4) is 0 Å². The van der Waals surface area contributed by atoms with Gasteiger partial charge in [0.05, 0.1) is 5.02 Å². The van der Waals surface area contributed by atoms with Crippen molar-refractivity contribution in [2.75, 3.05) is 5.32 Å². The molecule has 0 aliphatic carbocycles. The molecule has 142 valence electrons. The van der Waals surface area contributed by atoms with Crippen molar-refractivity contribution in [1.29, 1.82) is 0 Å². The predicted molar refractivity (Wildman–Crippen MR) is 104 cm³/mol. The fourth-order valence-electron chi connectivity index (χ4n) is 3.29. The van der Waals surface area contributed by atoms with Gasteiger partial charge in [-0.05, 0) is 35.2 Å². The van der Waals surface area contributed by atoms with Gasteiger partial charge >= 0.3 is 0 Å². The molecule has 0 saturated carbocycles. The molecule has 1 aliphatic heterocycles. The fraction of sp³-hybridized carbons (Fsp3) is 0.333. The van der Waals surface area contributed by atoms with Gasteiger partial charge in [0, 0.05) is 25.1 Å². The highest BCUT2D eigenvalue weighted by atomic mass is 35.5. The highest BCUT2D eigenvalue weighted by Gasteiger charge is 2.34. The summed E-state index contributed by atoms with van der Waals surface area (Å²) in [6, 6.07) is 11.2. The van der Waals surface area contributed by atoms with E-state index in [9.17, 15) is 14.0 Å². The monoisotopic (exact) mass is 388 g/mol. The van der Waals surface area contributed by atoms with Crippen molar-refractivity contribution in [3.05, 3.63) is 64.4 Å². The SMILES string of the molecule is CC(C)CC(=O)N1Cc2ccccc2CC1C(=O)Nc1ccc(F)c(Cl)c1. The molecule has 2 aromatic carbocycles. The number of hydrogen-bond donors (Lipinski definition) is 1. The number of rotatable bonds is 4. The molecular weight excluding hydrogens is 367 g/mol. The van der Waals surface area contributed by atoms with Crippen LogP contribution < -0.4 is 5.32 Å². The topological polar surface area (TPSA) is 49.4 Å². The van der Waals surface area contributed by atoms with E-state index in [4.69, 9.17) is 11.6 Å². The van der Waals surface area contributed by atoms with E-state index in [2.05, 4.69) is 5.32 Å². The molecule has 27 heavy (non-hydrogen) atoms. The van der Waals surface area contributed by atoms with Crippen LogP contribution in [-0.4, -0.2) is 22.8 Å². The summed E-state index contributed by atoms with van der Waals surface area (Å²) in [5.41, 5.74) is 2.52. The average molecular weight is 389 g/mol. The van der Waals surface area contributed by atoms with Gasteiger partial charge in [-0.1, -0.05) is 49.7 Å². The van der Waals surface area contributed by atoms with Crippen LogP contribution in [0.15, 0.2) is 42.5 Å². The Kier molecular flexibility index (Phi) is 5.80. The molecule has 3 rings (SSSR count). The van der Waals surface area contributed by atoms with Crippen molar-refractivity contribution < 1.29 is 14.0 Å². The van der Waals surface area contributed by atoms with Crippen molar-refractivity contribution >= 4 is 29.1 Å². The molecule has 4 nitrogen and oxygen atoms in total. The van der Waals surface area contributed by atoms with Gasteiger partial charge in [-0.3, -0.25) is 9.59 Å². The van der Waals surface area contributed by atoms with Crippen LogP contribution in [0.3, 0.4) is 0 Å². The van der Waals surface area contributed by atoms with E-state index in [0.29, 0.717) is 25.1 Å². The van der Waals surface area contributed by atoms with Crippen LogP contribution in [0.1, 0.15) is 31.4 Å². The van der Waals surface area contributed by atoms with Crippen LogP contribution in [0.25, 0.3) is 0 Å². The van der Waals surface area contributed by atoms with E-state index in [1.54, 1.807) is 4.90 Å². The summed E-state index contributed by atoms with van der Waals surface area (Å²) in [5, 5.41) is 2.70. The zero-order valence-electron chi connectivity index (χ0n) is 15.3. The van der Waals surface area contributed by atoms with Crippen molar-refractivity contribution in [1.82, 2.24) is 4.90 Å². The zero-order valence-corrected chi connectivity index (χ0v) is 16.1. The quantitative estimate of drug-likeness (QED) is 0.843. The number of hydrogen-bond acceptors (Lipinski definition) is 2. The highest BCUT2D eigenvalue weighted by Crippen LogP contribution is 2.26. The molecule has 0 bridgehead atoms. The largest absolute Gasteiger partial charge is 0.326 e. The first-order chi connectivity index (χ1) is 12.8. The van der Waals surface area contributed by atoms with E-state index in [-0.39, 0.29) is 22.8 Å². The number of halogens is 2. The summed E-state index contributed by atoms with van der Waals surface area (Å²) in [5.74, 6) is -0.689. The normalized spacial score (nSPS) is 16.2. The molecule has 0 spiro atoms. The molecule has 0 aromatic heterocycles. The maximum absolute atomic E-state index is 13.3. The molecule has 2 amide bonds. The lowest BCUT2D eigenvalue weighted by atomic mass is 9.92. The first-order valence-corrected chi connectivity index (χ1v) is 9.35. The lowest BCUT2D eigenvalue weighted by Crippen LogP contribution is -2.50. The third-order valence-electron chi connectivity index (χ3n) is 4.64. The number of nitrogens with one attached hydrogen (secondary N) is 1. The van der Waals surface area contributed by atoms with Crippen molar-refractivity contribution in [2.24, 2.45) is 5.92 Å². The van der Waals surface area contributed by atoms with E-state index in [1.807, 2.05) is 38.1 Å². The van der Waals surface area contributed by atoms with Gasteiger partial charge in [-0.25, -0.2) is 4.39 Å². The Morgan fingerprint density at radius 3 is 2.59 bits per heavy atom. The summed E-state index contributed by atoms with van der Waals surface area (Å²) in [6.45, 7) is 4.36. The molecule has 0 fully saturated rings. The van der Waals surface area contributed by atoms with Crippen molar-refractivity contribution in [3.63, 3.8) is 0 Å². The summed E-state index contributed by atoms with van der Waals surface area (Å²) in [7, 11) is 0. The summed E-state index contributed by atoms with van der Waals surface area (Å²) in [6.07, 6.45) is 0.828. The minimum absolute atomic E-state index is 0.0446. The second-order valence-electron chi connectivity index (χ2n) is 7.23. The smallest absolute Gasteiger partial charge is 0.247 e. The Morgan fingerprint density at radius 1 is 1.22 bits per heavy atom. The number of anilines is 1. The lowest BCUT2D eigenvalue weighted by Gasteiger charge is -2.36. The zero-order chi connectivity index (χ0) is 19.6. The molecule has 1 aliphatic rings. The van der Waals surface area contributed by atoms with Gasteiger partial charge in [-0.2, -0.15) is 0 Å². The molecule has 2 aromatic rings. The molecule has 1 atom stereocenters. The van der Waals surface area contributed by atoms with Crippen LogP contribution in [0.5, 0.6) is 0 Å². The van der Waals surface area contributed by atoms with E-state index >= 15 is 0 Å². The number of amides is 2. The van der Waals surface area contributed by atoms with Crippen LogP contribution >= 0.6 is 11.6 Å². The third kappa shape index (κ3) is 4.48. The van der Waals surface area contributed by atoms with E-state index < -0.39 is 11.9 Å². The Morgan fingerprint density at radius 2 is 1.93 bits per heavy atom. The molecule has 0 radical (unpaired) electrons. The minimum Gasteiger partial charge on any atom is -0.326 e. The van der Waals surface area contributed by atoms with Crippen LogP contribution in [0, 0.1) is 11.7 Å². The second kappa shape index (κ2) is 8.09. The number of carbonyl (C=O) groups excluding carboxylic acids is 2. The maximum atomic E-state index is 13.3. The Labute approximate surface area is 163 Å². The molecule has 1 unspecified atom stereocenters. The number of carbonyl (C=O) groups is 2. The van der Waals surface area contributed by atoms with Crippen LogP contribution in [0.2, 0.25) is 5.02 Å². The summed E-state index contributed by atoms with van der Waals surface area (Å²) < 4.78 is 13.3. The number of benzene rings is 2. The van der Waals surface area contributed by atoms with E-state index in [0.717, 1.165) is 11.1 Å². The van der Waals surface area contributed by atoms with Gasteiger partial charge in [0.2, 0.25) is 11.8 Å². The van der Waals surface area contributed by atoms with Gasteiger partial charge in [0.25, 0.3) is 0 Å². The van der Waals surface area contributed by atoms with E-state index in [1.165, 1.54) is 18.2 Å². The first kappa shape index (κ1) is 19.4. The van der Waals surface area contributed by atoms with Gasteiger partial charge < -0.3 is 10.2 Å². The number of nitrogens with zero attached hydrogens (tertiary/aromatic N) is 1. The standard InChI is InChI=1S/C21H22ClFN2O2/c1-13(2)9-20(26)25-12-15-6-4-3-5-14(15)10-19(25)21(27)24-16-7-8-18(23)17(22)11-16/h3-8,11,13,19H,9-10,12H2,1-2H3,(H,24,27). The average Bonchev–Trinajstić information content (AvgIpc) is 2.63. The number of fused-ring (bicyclic) bond motifs is 1. The van der Waals surface area contributed by atoms with Gasteiger partial charge in [0.1, 0.15) is 11.9 Å². The molecule has 1 N–H and O–H groups in total. The van der Waals surface area contributed by atoms with Gasteiger partial charge in [0.15, 0.2) is 0 Å². The Hall–Kier alpha value is -2.40. The fourth-order valence-corrected chi connectivity index (χ4v) is 3.47. The third-order valence-corrected chi connectivity index (χ3v) is 4.93. The van der Waals surface area contributed by atoms with Crippen LogP contribution in [0.4, 0.5) is 10.1 Å². The minimum atomic E-state index is -0.616. The summed E-state index contributed by atoms with van der Waals surface area (Å²) in [4.78, 5) is 27.3. The Balaban J connectivity index is 1.85. The second-order valence-corrected chi connectivity index (χ2v) is 7.63. The molecule has 0 saturated heterocycles. The van der Waals surface area contributed by atoms with Crippen LogP contribution in [-0.2, 0) is 22.6 Å². The molecule has 6 heteroatoms. The highest BCUT2D eigenvalue weighted by molar-refractivity contribution is 6.31. The first-order valence-electron chi connectivity index (χ1n) is 8.97. The summed E-state index contributed by atoms with van der Waals surface area (Å²) >= 11 is 5.80. The van der Waals surface area contributed by atoms with Crippen molar-refractivity contribution in [2.45, 2.75) is 39.3 Å². The Bertz CT molecular complexity index is 869. The maximum Gasteiger partial charge on any atom is 0.247 e. The predicted octanol–water partition coefficient (Wildman–Crippen LogP) is 4.42. The molecular formula is C21H22ClFN2O2. The van der Waals surface area contributed by atoms with Gasteiger partial charge in [-0.15, -0.1) is 0 Å².